The number of likely N-dealkylation sites (N-methyl/N-ethyl adjacent to an activating group) is 1. The Kier molecular flexibility index (Phi) is 3.13. The molecule has 0 radical (unpaired) electrons. The Morgan fingerprint density at radius 2 is 2.28 bits per heavy atom. The second kappa shape index (κ2) is 5.00. The highest BCUT2D eigenvalue weighted by Crippen LogP contribution is 2.65. The van der Waals surface area contributed by atoms with Crippen molar-refractivity contribution in [1.29, 1.82) is 0 Å². The molecule has 1 aromatic rings. The van der Waals surface area contributed by atoms with Crippen LogP contribution in [-0.2, 0) is 11.8 Å². The first kappa shape index (κ1) is 15.7. The summed E-state index contributed by atoms with van der Waals surface area (Å²) in [5.74, 6) is 0.811. The van der Waals surface area contributed by atoms with Gasteiger partial charge in [-0.05, 0) is 50.9 Å². The predicted octanol–water partition coefficient (Wildman–Crippen LogP) is 1.32. The Balaban J connectivity index is 1.76. The van der Waals surface area contributed by atoms with Crippen LogP contribution in [0.2, 0.25) is 0 Å². The lowest BCUT2D eigenvalue weighted by atomic mass is 9.48. The first-order chi connectivity index (χ1) is 12.1. The van der Waals surface area contributed by atoms with Crippen LogP contribution < -0.4 is 10.1 Å². The van der Waals surface area contributed by atoms with Gasteiger partial charge in [0.2, 0.25) is 0 Å². The number of likely N-dealkylation sites (tertiary alicyclic amines) is 1. The van der Waals surface area contributed by atoms with Gasteiger partial charge in [0.05, 0.1) is 11.0 Å². The maximum absolute atomic E-state index is 12.0. The molecule has 1 saturated heterocycles. The van der Waals surface area contributed by atoms with Crippen LogP contribution in [0.25, 0.3) is 0 Å². The number of ether oxygens (including phenoxy) is 1. The Labute approximate surface area is 148 Å². The van der Waals surface area contributed by atoms with Gasteiger partial charge in [0.25, 0.3) is 0 Å². The van der Waals surface area contributed by atoms with Crippen molar-refractivity contribution in [2.75, 3.05) is 20.1 Å². The van der Waals surface area contributed by atoms with Crippen LogP contribution in [-0.4, -0.2) is 59.0 Å². The maximum Gasteiger partial charge on any atom is 0.165 e. The molecule has 2 bridgehead atoms. The Hall–Kier alpha value is -1.56. The zero-order valence-corrected chi connectivity index (χ0v) is 14.7. The number of rotatable bonds is 3. The van der Waals surface area contributed by atoms with Crippen LogP contribution >= 0.6 is 0 Å². The molecule has 2 aliphatic heterocycles. The molecule has 1 spiro atoms. The summed E-state index contributed by atoms with van der Waals surface area (Å²) in [4.78, 5) is 2.38. The topological polar surface area (TPSA) is 65.0 Å². The molecule has 5 rings (SSSR count). The molecule has 1 aromatic carbocycles. The number of nitrogens with zero attached hydrogens (tertiary/aromatic N) is 1. The van der Waals surface area contributed by atoms with Crippen molar-refractivity contribution < 1.29 is 14.9 Å². The zero-order valence-electron chi connectivity index (χ0n) is 14.7. The van der Waals surface area contributed by atoms with E-state index in [9.17, 15) is 10.2 Å². The fourth-order valence-corrected chi connectivity index (χ4v) is 6.31. The van der Waals surface area contributed by atoms with Gasteiger partial charge in [-0.1, -0.05) is 12.1 Å². The first-order valence-corrected chi connectivity index (χ1v) is 9.33. The fourth-order valence-electron chi connectivity index (χ4n) is 6.31. The van der Waals surface area contributed by atoms with E-state index in [0.29, 0.717) is 5.75 Å². The number of benzene rings is 1. The summed E-state index contributed by atoms with van der Waals surface area (Å²) >= 11 is 0. The van der Waals surface area contributed by atoms with Gasteiger partial charge in [0.15, 0.2) is 11.5 Å². The molecule has 2 aliphatic carbocycles. The summed E-state index contributed by atoms with van der Waals surface area (Å²) in [7, 11) is 1.96. The Bertz CT molecular complexity index is 751. The van der Waals surface area contributed by atoms with Crippen molar-refractivity contribution in [1.82, 2.24) is 10.2 Å². The van der Waals surface area contributed by atoms with Gasteiger partial charge in [-0.25, -0.2) is 0 Å². The van der Waals surface area contributed by atoms with Crippen LogP contribution in [0, 0.1) is 0 Å². The van der Waals surface area contributed by atoms with Gasteiger partial charge >= 0.3 is 0 Å². The first-order valence-electron chi connectivity index (χ1n) is 9.33. The Morgan fingerprint density at radius 1 is 1.44 bits per heavy atom. The summed E-state index contributed by atoms with van der Waals surface area (Å²) in [6.45, 7) is 5.62. The highest BCUT2D eigenvalue weighted by Gasteiger charge is 2.72. The van der Waals surface area contributed by atoms with Gasteiger partial charge in [-0.2, -0.15) is 0 Å². The molecule has 2 fully saturated rings. The maximum atomic E-state index is 12.0. The fraction of sp³-hybridized carbons (Fsp3) is 0.600. The summed E-state index contributed by atoms with van der Waals surface area (Å²) in [6.07, 6.45) is 5.08. The number of aromatic hydroxyl groups is 1. The lowest BCUT2D eigenvalue weighted by Crippen LogP contribution is -2.77. The number of phenols is 1. The van der Waals surface area contributed by atoms with Crippen molar-refractivity contribution in [3.8, 4) is 11.5 Å². The van der Waals surface area contributed by atoms with E-state index in [1.54, 1.807) is 6.07 Å². The third-order valence-corrected chi connectivity index (χ3v) is 7.31. The third-order valence-electron chi connectivity index (χ3n) is 7.31. The number of phenolic OH excluding ortho intramolecular Hbond substituents is 1. The molecule has 5 atom stereocenters. The largest absolute Gasteiger partial charge is 0.504 e. The molecule has 1 unspecified atom stereocenters. The number of hydrogen-bond donors (Lipinski definition) is 3. The number of piperidine rings is 1. The molecule has 3 N–H and O–H groups in total. The van der Waals surface area contributed by atoms with Gasteiger partial charge in [0.1, 0.15) is 6.10 Å². The number of hydrogen-bond acceptors (Lipinski definition) is 5. The zero-order chi connectivity index (χ0) is 17.4. The van der Waals surface area contributed by atoms with Gasteiger partial charge in [-0.15, -0.1) is 6.58 Å². The number of aliphatic hydroxyl groups is 1. The molecule has 0 aromatic heterocycles. The van der Waals surface area contributed by atoms with E-state index in [2.05, 4.69) is 16.8 Å². The summed E-state index contributed by atoms with van der Waals surface area (Å²) in [6, 6.07) is 4.03. The highest BCUT2D eigenvalue weighted by atomic mass is 16.5. The Morgan fingerprint density at radius 3 is 3.04 bits per heavy atom. The average molecular weight is 342 g/mol. The molecule has 4 aliphatic rings. The molecule has 134 valence electrons. The van der Waals surface area contributed by atoms with E-state index in [0.717, 1.165) is 44.3 Å². The van der Waals surface area contributed by atoms with E-state index in [1.165, 1.54) is 5.56 Å². The standard InChI is InChI=1S/C20H26N2O3/c1-3-9-22-10-8-19-16-12-4-5-14(23)17(16)25-18(19)13(21-2)6-7-20(19,24)15(22)11-12/h3-5,13,15,18,21,23-24H,1,6-11H2,2H3/t13?,15-,18+,19+,20-/m1/s1. The monoisotopic (exact) mass is 342 g/mol. The van der Waals surface area contributed by atoms with Crippen molar-refractivity contribution in [3.05, 3.63) is 35.9 Å². The van der Waals surface area contributed by atoms with Crippen molar-refractivity contribution >= 4 is 0 Å². The molecule has 25 heavy (non-hydrogen) atoms. The normalized spacial score (nSPS) is 41.1. The lowest BCUT2D eigenvalue weighted by Gasteiger charge is -2.64. The predicted molar refractivity (Wildman–Crippen MR) is 95.1 cm³/mol. The minimum Gasteiger partial charge on any atom is -0.504 e. The molecular weight excluding hydrogens is 316 g/mol. The summed E-state index contributed by atoms with van der Waals surface area (Å²) in [5.41, 5.74) is 1.05. The van der Waals surface area contributed by atoms with Crippen molar-refractivity contribution in [3.63, 3.8) is 0 Å². The smallest absolute Gasteiger partial charge is 0.165 e. The highest BCUT2D eigenvalue weighted by molar-refractivity contribution is 5.62. The minimum atomic E-state index is -0.821. The van der Waals surface area contributed by atoms with Crippen LogP contribution in [0.4, 0.5) is 0 Å². The van der Waals surface area contributed by atoms with Crippen molar-refractivity contribution in [2.45, 2.75) is 54.9 Å². The van der Waals surface area contributed by atoms with E-state index in [-0.39, 0.29) is 23.9 Å². The van der Waals surface area contributed by atoms with Gasteiger partial charge < -0.3 is 20.3 Å². The second-order valence-corrected chi connectivity index (χ2v) is 8.07. The molecule has 2 heterocycles. The van der Waals surface area contributed by atoms with Crippen LogP contribution in [0.1, 0.15) is 30.4 Å². The van der Waals surface area contributed by atoms with E-state index in [4.69, 9.17) is 4.74 Å². The minimum absolute atomic E-state index is 0.0751. The van der Waals surface area contributed by atoms with Crippen LogP contribution in [0.5, 0.6) is 11.5 Å². The van der Waals surface area contributed by atoms with E-state index in [1.807, 2.05) is 19.2 Å². The third kappa shape index (κ3) is 1.65. The second-order valence-electron chi connectivity index (χ2n) is 8.07. The molecular formula is C20H26N2O3. The lowest BCUT2D eigenvalue weighted by molar-refractivity contribution is -0.189. The summed E-state index contributed by atoms with van der Waals surface area (Å²) < 4.78 is 6.36. The van der Waals surface area contributed by atoms with Gasteiger partial charge in [-0.3, -0.25) is 4.90 Å². The van der Waals surface area contributed by atoms with Gasteiger partial charge in [0, 0.05) is 24.2 Å². The molecule has 1 saturated carbocycles. The van der Waals surface area contributed by atoms with E-state index < -0.39 is 11.0 Å². The quantitative estimate of drug-likeness (QED) is 0.723. The summed E-state index contributed by atoms with van der Waals surface area (Å²) in [5, 5.41) is 25.9. The average Bonchev–Trinajstić information content (AvgIpc) is 2.95. The molecule has 5 nitrogen and oxygen atoms in total. The molecule has 5 heteroatoms. The molecule has 0 amide bonds. The van der Waals surface area contributed by atoms with E-state index >= 15 is 0 Å². The van der Waals surface area contributed by atoms with Crippen LogP contribution in [0.3, 0.4) is 0 Å². The number of nitrogens with one attached hydrogen (secondary N) is 1. The SMILES string of the molecule is C=CCN1CC[C@]23c4c5ccc(O)c4O[C@H]2C(NC)CC[C@@]3(O)[C@H]1C5. The van der Waals surface area contributed by atoms with Crippen LogP contribution in [0.15, 0.2) is 24.8 Å². The van der Waals surface area contributed by atoms with Crippen molar-refractivity contribution in [2.24, 2.45) is 0 Å².